The molecule has 1 fully saturated rings. The van der Waals surface area contributed by atoms with Crippen molar-refractivity contribution in [3.05, 3.63) is 12.7 Å². The van der Waals surface area contributed by atoms with E-state index in [-0.39, 0.29) is 11.9 Å². The molecule has 3 heteroatoms. The van der Waals surface area contributed by atoms with Gasteiger partial charge in [-0.3, -0.25) is 4.79 Å². The molecule has 0 aromatic rings. The quantitative estimate of drug-likeness (QED) is 0.624. The van der Waals surface area contributed by atoms with Crippen LogP contribution >= 0.6 is 0 Å². The Labute approximate surface area is 111 Å². The predicted molar refractivity (Wildman–Crippen MR) is 72.7 cm³/mol. The van der Waals surface area contributed by atoms with Crippen molar-refractivity contribution in [3.8, 4) is 0 Å². The normalized spacial score (nSPS) is 21.8. The fourth-order valence-corrected chi connectivity index (χ4v) is 2.37. The van der Waals surface area contributed by atoms with E-state index in [4.69, 9.17) is 9.47 Å². The highest BCUT2D eigenvalue weighted by molar-refractivity contribution is 5.95. The third-order valence-electron chi connectivity index (χ3n) is 3.44. The summed E-state index contributed by atoms with van der Waals surface area (Å²) in [6, 6.07) is 0. The summed E-state index contributed by atoms with van der Waals surface area (Å²) in [5.41, 5.74) is -0.759. The minimum absolute atomic E-state index is 0.0616. The topological polar surface area (TPSA) is 35.5 Å². The second-order valence-electron chi connectivity index (χ2n) is 5.57. The zero-order valence-corrected chi connectivity index (χ0v) is 11.9. The van der Waals surface area contributed by atoms with Crippen LogP contribution in [-0.2, 0) is 14.3 Å². The van der Waals surface area contributed by atoms with E-state index in [1.807, 2.05) is 6.92 Å². The third kappa shape index (κ3) is 4.91. The van der Waals surface area contributed by atoms with Gasteiger partial charge in [-0.05, 0) is 59.0 Å². The number of hydrogen-bond donors (Lipinski definition) is 0. The van der Waals surface area contributed by atoms with Crippen LogP contribution in [0.4, 0.5) is 0 Å². The standard InChI is InChI=1S/C15H26O3/c1-5-14(16)15(3,4)18-12(2)8-6-9-13-10-7-11-17-13/h5,12-13H,1,6-11H2,2-4H3. The molecule has 0 spiro atoms. The van der Waals surface area contributed by atoms with E-state index in [0.29, 0.717) is 6.10 Å². The molecule has 3 nitrogen and oxygen atoms in total. The van der Waals surface area contributed by atoms with Gasteiger partial charge in [0.05, 0.1) is 12.2 Å². The van der Waals surface area contributed by atoms with Gasteiger partial charge < -0.3 is 9.47 Å². The average Bonchev–Trinajstić information content (AvgIpc) is 2.80. The van der Waals surface area contributed by atoms with E-state index in [2.05, 4.69) is 6.58 Å². The van der Waals surface area contributed by atoms with Crippen LogP contribution in [0.3, 0.4) is 0 Å². The Bertz CT molecular complexity index is 277. The Hall–Kier alpha value is -0.670. The zero-order valence-electron chi connectivity index (χ0n) is 11.9. The molecule has 1 rings (SSSR count). The van der Waals surface area contributed by atoms with Gasteiger partial charge in [-0.25, -0.2) is 0 Å². The van der Waals surface area contributed by atoms with Crippen molar-refractivity contribution in [3.63, 3.8) is 0 Å². The maximum Gasteiger partial charge on any atom is 0.186 e. The summed E-state index contributed by atoms with van der Waals surface area (Å²) in [6.45, 7) is 10.0. The molecule has 1 aliphatic rings. The summed E-state index contributed by atoms with van der Waals surface area (Å²) in [5.74, 6) is -0.0616. The average molecular weight is 254 g/mol. The first-order valence-corrected chi connectivity index (χ1v) is 6.92. The molecule has 1 saturated heterocycles. The smallest absolute Gasteiger partial charge is 0.186 e. The third-order valence-corrected chi connectivity index (χ3v) is 3.44. The van der Waals surface area contributed by atoms with Crippen LogP contribution in [0.15, 0.2) is 12.7 Å². The van der Waals surface area contributed by atoms with Gasteiger partial charge in [0.2, 0.25) is 0 Å². The maximum absolute atomic E-state index is 11.6. The molecule has 0 aliphatic carbocycles. The van der Waals surface area contributed by atoms with Crippen molar-refractivity contribution in [2.75, 3.05) is 6.61 Å². The Morgan fingerprint density at radius 3 is 2.89 bits per heavy atom. The molecular weight excluding hydrogens is 228 g/mol. The lowest BCUT2D eigenvalue weighted by Gasteiger charge is -2.27. The van der Waals surface area contributed by atoms with Crippen molar-refractivity contribution < 1.29 is 14.3 Å². The molecule has 0 amide bonds. The second-order valence-corrected chi connectivity index (χ2v) is 5.57. The van der Waals surface area contributed by atoms with Crippen LogP contribution in [0.2, 0.25) is 0 Å². The van der Waals surface area contributed by atoms with Gasteiger partial charge in [-0.1, -0.05) is 6.58 Å². The fourth-order valence-electron chi connectivity index (χ4n) is 2.37. The van der Waals surface area contributed by atoms with Crippen LogP contribution in [0, 0.1) is 0 Å². The predicted octanol–water partition coefficient (Wildman–Crippen LogP) is 3.27. The van der Waals surface area contributed by atoms with Gasteiger partial charge in [0.1, 0.15) is 5.60 Å². The highest BCUT2D eigenvalue weighted by atomic mass is 16.5. The fraction of sp³-hybridized carbons (Fsp3) is 0.800. The van der Waals surface area contributed by atoms with Gasteiger partial charge in [-0.15, -0.1) is 0 Å². The van der Waals surface area contributed by atoms with Crippen molar-refractivity contribution in [1.29, 1.82) is 0 Å². The number of hydrogen-bond acceptors (Lipinski definition) is 3. The molecule has 0 aromatic carbocycles. The first-order valence-electron chi connectivity index (χ1n) is 6.92. The highest BCUT2D eigenvalue weighted by Gasteiger charge is 2.28. The molecule has 18 heavy (non-hydrogen) atoms. The van der Waals surface area contributed by atoms with E-state index >= 15 is 0 Å². The van der Waals surface area contributed by atoms with Crippen molar-refractivity contribution in [2.45, 2.75) is 70.7 Å². The molecule has 0 saturated carbocycles. The molecule has 0 bridgehead atoms. The summed E-state index contributed by atoms with van der Waals surface area (Å²) in [6.07, 6.45) is 7.40. The summed E-state index contributed by atoms with van der Waals surface area (Å²) < 4.78 is 11.4. The van der Waals surface area contributed by atoms with E-state index in [1.54, 1.807) is 13.8 Å². The van der Waals surface area contributed by atoms with E-state index in [9.17, 15) is 4.79 Å². The summed E-state index contributed by atoms with van der Waals surface area (Å²) >= 11 is 0. The molecule has 2 unspecified atom stereocenters. The first kappa shape index (κ1) is 15.4. The minimum atomic E-state index is -0.759. The van der Waals surface area contributed by atoms with Crippen LogP contribution in [-0.4, -0.2) is 30.2 Å². The first-order chi connectivity index (χ1) is 8.45. The van der Waals surface area contributed by atoms with Crippen LogP contribution in [0.5, 0.6) is 0 Å². The Morgan fingerprint density at radius 2 is 2.33 bits per heavy atom. The summed E-state index contributed by atoms with van der Waals surface area (Å²) in [7, 11) is 0. The largest absolute Gasteiger partial charge is 0.378 e. The van der Waals surface area contributed by atoms with Gasteiger partial charge in [0.25, 0.3) is 0 Å². The number of ketones is 1. The molecule has 0 radical (unpaired) electrons. The van der Waals surface area contributed by atoms with Crippen LogP contribution in [0.1, 0.15) is 52.9 Å². The number of carbonyl (C=O) groups excluding carboxylic acids is 1. The van der Waals surface area contributed by atoms with E-state index in [1.165, 1.54) is 18.9 Å². The van der Waals surface area contributed by atoms with E-state index < -0.39 is 5.60 Å². The molecule has 1 heterocycles. The highest BCUT2D eigenvalue weighted by Crippen LogP contribution is 2.21. The Morgan fingerprint density at radius 1 is 1.61 bits per heavy atom. The lowest BCUT2D eigenvalue weighted by molar-refractivity contribution is -0.141. The SMILES string of the molecule is C=CC(=O)C(C)(C)OC(C)CCCC1CCCO1. The second kappa shape index (κ2) is 7.05. The Kier molecular flexibility index (Phi) is 6.03. The molecule has 104 valence electrons. The van der Waals surface area contributed by atoms with Gasteiger partial charge in [0, 0.05) is 6.61 Å². The molecule has 0 aromatic heterocycles. The Balaban J connectivity index is 2.21. The lowest BCUT2D eigenvalue weighted by atomic mass is 10.0. The zero-order chi connectivity index (χ0) is 13.6. The van der Waals surface area contributed by atoms with Gasteiger partial charge in [0.15, 0.2) is 5.78 Å². The van der Waals surface area contributed by atoms with Crippen LogP contribution in [0.25, 0.3) is 0 Å². The lowest BCUT2D eigenvalue weighted by Crippen LogP contribution is -2.36. The number of carbonyl (C=O) groups is 1. The maximum atomic E-state index is 11.6. The minimum Gasteiger partial charge on any atom is -0.378 e. The number of ether oxygens (including phenoxy) is 2. The van der Waals surface area contributed by atoms with Crippen molar-refractivity contribution >= 4 is 5.78 Å². The van der Waals surface area contributed by atoms with Gasteiger partial charge >= 0.3 is 0 Å². The van der Waals surface area contributed by atoms with Crippen molar-refractivity contribution in [1.82, 2.24) is 0 Å². The summed E-state index contributed by atoms with van der Waals surface area (Å²) in [4.78, 5) is 11.6. The van der Waals surface area contributed by atoms with Crippen molar-refractivity contribution in [2.24, 2.45) is 0 Å². The van der Waals surface area contributed by atoms with Crippen LogP contribution < -0.4 is 0 Å². The number of rotatable bonds is 8. The monoisotopic (exact) mass is 254 g/mol. The molecule has 0 N–H and O–H groups in total. The summed E-state index contributed by atoms with van der Waals surface area (Å²) in [5, 5.41) is 0. The van der Waals surface area contributed by atoms with E-state index in [0.717, 1.165) is 25.9 Å². The van der Waals surface area contributed by atoms with Gasteiger partial charge in [-0.2, -0.15) is 0 Å². The molecule has 2 atom stereocenters. The molecule has 1 aliphatic heterocycles. The molecular formula is C15H26O3.